The molecule has 0 radical (unpaired) electrons. The molecule has 1 rings (SSSR count). The molecule has 0 aromatic heterocycles. The molecule has 4 nitrogen and oxygen atoms in total. The Bertz CT molecular complexity index is 341. The third kappa shape index (κ3) is 5.99. The van der Waals surface area contributed by atoms with Crippen LogP contribution >= 0.6 is 0 Å². The number of amides is 1. The number of hydrogen-bond acceptors (Lipinski definition) is 3. The van der Waals surface area contributed by atoms with E-state index >= 15 is 0 Å². The number of carbonyl (C=O) groups is 1. The first-order valence-corrected chi connectivity index (χ1v) is 5.56. The minimum Gasteiger partial charge on any atom is -0.367 e. The van der Waals surface area contributed by atoms with Crippen LogP contribution in [0.1, 0.15) is 18.9 Å². The van der Waals surface area contributed by atoms with Crippen molar-refractivity contribution in [1.82, 2.24) is 10.9 Å². The van der Waals surface area contributed by atoms with Gasteiger partial charge in [0.2, 0.25) is 0 Å². The predicted molar refractivity (Wildman–Crippen MR) is 62.5 cm³/mol. The number of hydrogen-bond donors (Lipinski definition) is 2. The first kappa shape index (κ1) is 13.6. The molecule has 1 amide bonds. The summed E-state index contributed by atoms with van der Waals surface area (Å²) in [6.07, 6.45) is 0.941. The van der Waals surface area contributed by atoms with Gasteiger partial charge in [0.1, 0.15) is 12.4 Å². The molecule has 0 aliphatic heterocycles. The second-order valence-electron chi connectivity index (χ2n) is 3.59. The molecule has 0 atom stereocenters. The van der Waals surface area contributed by atoms with Gasteiger partial charge in [-0.15, -0.1) is 0 Å². The van der Waals surface area contributed by atoms with Gasteiger partial charge >= 0.3 is 0 Å². The van der Waals surface area contributed by atoms with Gasteiger partial charge in [0.25, 0.3) is 5.91 Å². The summed E-state index contributed by atoms with van der Waals surface area (Å²) in [5, 5.41) is 0. The molecule has 17 heavy (non-hydrogen) atoms. The molecule has 1 aromatic rings. The number of halogens is 1. The molecule has 0 heterocycles. The minimum atomic E-state index is -0.282. The molecule has 0 saturated heterocycles. The Morgan fingerprint density at radius 3 is 2.71 bits per heavy atom. The van der Waals surface area contributed by atoms with E-state index < -0.39 is 0 Å². The summed E-state index contributed by atoms with van der Waals surface area (Å²) >= 11 is 0. The normalized spacial score (nSPS) is 10.2. The maximum Gasteiger partial charge on any atom is 0.260 e. The molecule has 0 aliphatic carbocycles. The number of nitrogens with one attached hydrogen (secondary N) is 2. The zero-order valence-electron chi connectivity index (χ0n) is 9.83. The SMILES string of the molecule is CCCNNC(=O)COCc1ccc(F)cc1. The Hall–Kier alpha value is -1.46. The van der Waals surface area contributed by atoms with Crippen LogP contribution in [0.5, 0.6) is 0 Å². The molecule has 0 unspecified atom stereocenters. The molecule has 2 N–H and O–H groups in total. The maximum absolute atomic E-state index is 12.6. The zero-order valence-corrected chi connectivity index (χ0v) is 9.83. The lowest BCUT2D eigenvalue weighted by Crippen LogP contribution is -2.39. The van der Waals surface area contributed by atoms with Crippen molar-refractivity contribution in [2.45, 2.75) is 20.0 Å². The fourth-order valence-electron chi connectivity index (χ4n) is 1.16. The Morgan fingerprint density at radius 2 is 2.06 bits per heavy atom. The number of benzene rings is 1. The number of hydrazine groups is 1. The van der Waals surface area contributed by atoms with E-state index in [1.54, 1.807) is 12.1 Å². The van der Waals surface area contributed by atoms with E-state index in [9.17, 15) is 9.18 Å². The molecule has 0 spiro atoms. The molecule has 0 fully saturated rings. The topological polar surface area (TPSA) is 50.4 Å². The van der Waals surface area contributed by atoms with Crippen molar-refractivity contribution in [3.8, 4) is 0 Å². The van der Waals surface area contributed by atoms with Gasteiger partial charge < -0.3 is 4.74 Å². The Balaban J connectivity index is 2.14. The van der Waals surface area contributed by atoms with Gasteiger partial charge in [0.05, 0.1) is 6.61 Å². The van der Waals surface area contributed by atoms with Crippen LogP contribution in [0.3, 0.4) is 0 Å². The Labute approximate surface area is 100 Å². The fraction of sp³-hybridized carbons (Fsp3) is 0.417. The second kappa shape index (κ2) is 7.76. The van der Waals surface area contributed by atoms with Gasteiger partial charge in [-0.05, 0) is 24.1 Å². The van der Waals surface area contributed by atoms with Crippen molar-refractivity contribution < 1.29 is 13.9 Å². The van der Waals surface area contributed by atoms with Gasteiger partial charge in [0, 0.05) is 6.54 Å². The third-order valence-electron chi connectivity index (χ3n) is 2.02. The number of ether oxygens (including phenoxy) is 1. The van der Waals surface area contributed by atoms with E-state index in [2.05, 4.69) is 10.9 Å². The van der Waals surface area contributed by atoms with Crippen LogP contribution < -0.4 is 10.9 Å². The van der Waals surface area contributed by atoms with Crippen LogP contribution in [0, 0.1) is 5.82 Å². The number of rotatable bonds is 7. The van der Waals surface area contributed by atoms with Crippen LogP contribution in [-0.2, 0) is 16.1 Å². The summed E-state index contributed by atoms with van der Waals surface area (Å²) in [5.74, 6) is -0.504. The van der Waals surface area contributed by atoms with Crippen LogP contribution in [0.4, 0.5) is 4.39 Å². The van der Waals surface area contributed by atoms with Crippen molar-refractivity contribution in [1.29, 1.82) is 0 Å². The average Bonchev–Trinajstić information content (AvgIpc) is 2.32. The standard InChI is InChI=1S/C12H17FN2O2/c1-2-7-14-15-12(16)9-17-8-10-3-5-11(13)6-4-10/h3-6,14H,2,7-9H2,1H3,(H,15,16). The van der Waals surface area contributed by atoms with E-state index in [0.717, 1.165) is 18.5 Å². The van der Waals surface area contributed by atoms with Gasteiger partial charge in [-0.3, -0.25) is 10.2 Å². The summed E-state index contributed by atoms with van der Waals surface area (Å²) in [7, 11) is 0. The highest BCUT2D eigenvalue weighted by Gasteiger charge is 2.00. The molecule has 94 valence electrons. The van der Waals surface area contributed by atoms with Gasteiger partial charge in [-0.25, -0.2) is 9.82 Å². The minimum absolute atomic E-state index is 0.0198. The fourth-order valence-corrected chi connectivity index (χ4v) is 1.16. The third-order valence-corrected chi connectivity index (χ3v) is 2.02. The highest BCUT2D eigenvalue weighted by Crippen LogP contribution is 2.03. The molecule has 1 aromatic carbocycles. The van der Waals surface area contributed by atoms with E-state index in [4.69, 9.17) is 4.74 Å². The molecular formula is C12H17FN2O2. The summed E-state index contributed by atoms with van der Waals surface area (Å²) in [4.78, 5) is 11.2. The van der Waals surface area contributed by atoms with Crippen LogP contribution in [0.2, 0.25) is 0 Å². The second-order valence-corrected chi connectivity index (χ2v) is 3.59. The molecule has 0 aliphatic rings. The lowest BCUT2D eigenvalue weighted by atomic mass is 10.2. The zero-order chi connectivity index (χ0) is 12.5. The van der Waals surface area contributed by atoms with Crippen molar-refractivity contribution in [3.63, 3.8) is 0 Å². The molecule has 0 saturated carbocycles. The summed E-state index contributed by atoms with van der Waals surface area (Å²) in [6.45, 7) is 3.00. The maximum atomic E-state index is 12.6. The molecular weight excluding hydrogens is 223 g/mol. The molecule has 5 heteroatoms. The quantitative estimate of drug-likeness (QED) is 0.559. The van der Waals surface area contributed by atoms with Crippen LogP contribution in [0.15, 0.2) is 24.3 Å². The monoisotopic (exact) mass is 240 g/mol. The summed E-state index contributed by atoms with van der Waals surface area (Å²) in [5.41, 5.74) is 6.10. The number of carbonyl (C=O) groups excluding carboxylic acids is 1. The summed E-state index contributed by atoms with van der Waals surface area (Å²) < 4.78 is 17.8. The van der Waals surface area contributed by atoms with Crippen LogP contribution in [0.25, 0.3) is 0 Å². The van der Waals surface area contributed by atoms with Gasteiger partial charge in [-0.2, -0.15) is 0 Å². The first-order valence-electron chi connectivity index (χ1n) is 5.56. The Morgan fingerprint density at radius 1 is 1.35 bits per heavy atom. The van der Waals surface area contributed by atoms with E-state index in [0.29, 0.717) is 6.61 Å². The van der Waals surface area contributed by atoms with E-state index in [1.165, 1.54) is 12.1 Å². The lowest BCUT2D eigenvalue weighted by Gasteiger charge is -2.06. The largest absolute Gasteiger partial charge is 0.367 e. The van der Waals surface area contributed by atoms with Gasteiger partial charge in [0.15, 0.2) is 0 Å². The molecule has 0 bridgehead atoms. The Kier molecular flexibility index (Phi) is 6.21. The highest BCUT2D eigenvalue weighted by molar-refractivity contribution is 5.76. The van der Waals surface area contributed by atoms with Crippen molar-refractivity contribution in [3.05, 3.63) is 35.6 Å². The van der Waals surface area contributed by atoms with E-state index in [1.807, 2.05) is 6.92 Å². The predicted octanol–water partition coefficient (Wildman–Crippen LogP) is 1.37. The highest BCUT2D eigenvalue weighted by atomic mass is 19.1. The van der Waals surface area contributed by atoms with Crippen molar-refractivity contribution in [2.75, 3.05) is 13.2 Å². The lowest BCUT2D eigenvalue weighted by molar-refractivity contribution is -0.127. The summed E-state index contributed by atoms with van der Waals surface area (Å²) in [6, 6.07) is 5.98. The van der Waals surface area contributed by atoms with Crippen molar-refractivity contribution >= 4 is 5.91 Å². The van der Waals surface area contributed by atoms with E-state index in [-0.39, 0.29) is 18.3 Å². The van der Waals surface area contributed by atoms with Crippen LogP contribution in [-0.4, -0.2) is 19.1 Å². The van der Waals surface area contributed by atoms with Gasteiger partial charge in [-0.1, -0.05) is 19.1 Å². The van der Waals surface area contributed by atoms with Crippen molar-refractivity contribution in [2.24, 2.45) is 0 Å². The smallest absolute Gasteiger partial charge is 0.260 e. The average molecular weight is 240 g/mol. The first-order chi connectivity index (χ1) is 8.22.